The number of carbonyl (C=O) groups excluding carboxylic acids is 1. The Morgan fingerprint density at radius 2 is 1.94 bits per heavy atom. The zero-order valence-corrected chi connectivity index (χ0v) is 17.7. The van der Waals surface area contributed by atoms with Crippen molar-refractivity contribution in [2.24, 2.45) is 0 Å². The zero-order chi connectivity index (χ0) is 21.8. The fourth-order valence-corrected chi connectivity index (χ4v) is 4.04. The van der Waals surface area contributed by atoms with Gasteiger partial charge in [-0.3, -0.25) is 4.79 Å². The van der Waals surface area contributed by atoms with E-state index in [4.69, 9.17) is 4.74 Å². The number of ether oxygens (including phenoxy) is 1. The maximum Gasteiger partial charge on any atom is 0.256 e. The molecule has 1 aromatic heterocycles. The molecule has 4 N–H and O–H groups in total. The second-order valence-corrected chi connectivity index (χ2v) is 7.98. The summed E-state index contributed by atoms with van der Waals surface area (Å²) in [5, 5.41) is 24.4. The number of hydrogen-bond donors (Lipinski definition) is 4. The lowest BCUT2D eigenvalue weighted by atomic mass is 10.0. The second kappa shape index (κ2) is 9.51. The third-order valence-electron chi connectivity index (χ3n) is 5.90. The van der Waals surface area contributed by atoms with E-state index in [2.05, 4.69) is 10.3 Å². The number of fused-ring (bicyclic) bond motifs is 1. The van der Waals surface area contributed by atoms with E-state index in [9.17, 15) is 15.0 Å². The largest absolute Gasteiger partial charge is 0.508 e. The van der Waals surface area contributed by atoms with Crippen molar-refractivity contribution in [1.29, 1.82) is 0 Å². The summed E-state index contributed by atoms with van der Waals surface area (Å²) in [6.07, 6.45) is 2.06. The van der Waals surface area contributed by atoms with Crippen LogP contribution in [0.25, 0.3) is 10.9 Å². The number of nitrogens with zero attached hydrogens (tertiary/aromatic N) is 1. The van der Waals surface area contributed by atoms with Crippen LogP contribution < -0.4 is 5.32 Å². The number of aliphatic hydroxyl groups excluding tert-OH is 1. The predicted molar refractivity (Wildman–Crippen MR) is 119 cm³/mol. The SMILES string of the molecule is C[C@H](NCCc1c[nH]c2c(C(=O)N3CCOCC3)cccc12)[C@H](O)c1ccc(O)cc1. The highest BCUT2D eigenvalue weighted by molar-refractivity contribution is 6.06. The van der Waals surface area contributed by atoms with Gasteiger partial charge in [0.25, 0.3) is 5.91 Å². The molecule has 0 spiro atoms. The van der Waals surface area contributed by atoms with E-state index >= 15 is 0 Å². The number of aromatic hydroxyl groups is 1. The molecule has 0 saturated carbocycles. The predicted octanol–water partition coefficient (Wildman–Crippen LogP) is 2.60. The van der Waals surface area contributed by atoms with Gasteiger partial charge in [-0.1, -0.05) is 24.3 Å². The lowest BCUT2D eigenvalue weighted by Gasteiger charge is -2.27. The Bertz CT molecular complexity index is 1020. The number of hydrogen-bond acceptors (Lipinski definition) is 5. The van der Waals surface area contributed by atoms with Gasteiger partial charge in [0.15, 0.2) is 0 Å². The van der Waals surface area contributed by atoms with E-state index in [-0.39, 0.29) is 17.7 Å². The molecule has 2 heterocycles. The smallest absolute Gasteiger partial charge is 0.256 e. The van der Waals surface area contributed by atoms with Gasteiger partial charge in [0, 0.05) is 30.7 Å². The molecule has 3 aromatic rings. The number of phenolic OH excluding ortho intramolecular Hbond substituents is 1. The van der Waals surface area contributed by atoms with Crippen molar-refractivity contribution in [2.45, 2.75) is 25.5 Å². The molecule has 1 saturated heterocycles. The second-order valence-electron chi connectivity index (χ2n) is 7.98. The number of aromatic nitrogens is 1. The Morgan fingerprint density at radius 3 is 2.68 bits per heavy atom. The standard InChI is InChI=1S/C24H29N3O4/c1-16(23(29)17-5-7-19(28)8-6-17)25-10-9-18-15-26-22-20(18)3-2-4-21(22)24(30)27-11-13-31-14-12-27/h2-8,15-16,23,25-26,28-29H,9-14H2,1H3/t16-,23-/m0/s1. The molecule has 7 nitrogen and oxygen atoms in total. The van der Waals surface area contributed by atoms with Gasteiger partial charge < -0.3 is 30.2 Å². The van der Waals surface area contributed by atoms with Gasteiger partial charge in [-0.05, 0) is 49.2 Å². The Labute approximate surface area is 181 Å². The van der Waals surface area contributed by atoms with E-state index < -0.39 is 6.10 Å². The Morgan fingerprint density at radius 1 is 1.19 bits per heavy atom. The lowest BCUT2D eigenvalue weighted by molar-refractivity contribution is 0.0304. The number of H-pyrrole nitrogens is 1. The molecular formula is C24H29N3O4. The van der Waals surface area contributed by atoms with Crippen LogP contribution in [0.3, 0.4) is 0 Å². The first-order valence-electron chi connectivity index (χ1n) is 10.7. The molecule has 0 aliphatic carbocycles. The van der Waals surface area contributed by atoms with E-state index in [0.717, 1.165) is 28.5 Å². The van der Waals surface area contributed by atoms with Gasteiger partial charge in [0.05, 0.1) is 30.4 Å². The number of para-hydroxylation sites is 1. The highest BCUT2D eigenvalue weighted by Crippen LogP contribution is 2.24. The molecule has 2 aromatic carbocycles. The minimum absolute atomic E-state index is 0.0334. The summed E-state index contributed by atoms with van der Waals surface area (Å²) >= 11 is 0. The van der Waals surface area contributed by atoms with Gasteiger partial charge in [-0.25, -0.2) is 0 Å². The van der Waals surface area contributed by atoms with Gasteiger partial charge in [0.2, 0.25) is 0 Å². The average Bonchev–Trinajstić information content (AvgIpc) is 3.22. The molecule has 1 aliphatic rings. The fraction of sp³-hybridized carbons (Fsp3) is 0.375. The summed E-state index contributed by atoms with van der Waals surface area (Å²) in [5.41, 5.74) is 3.45. The van der Waals surface area contributed by atoms with Crippen LogP contribution in [-0.2, 0) is 11.2 Å². The minimum atomic E-state index is -0.665. The molecule has 4 rings (SSSR count). The van der Waals surface area contributed by atoms with E-state index in [1.165, 1.54) is 0 Å². The van der Waals surface area contributed by atoms with Gasteiger partial charge in [-0.2, -0.15) is 0 Å². The summed E-state index contributed by atoms with van der Waals surface area (Å²) in [6, 6.07) is 12.3. The molecule has 7 heteroatoms. The van der Waals surface area contributed by atoms with Crippen molar-refractivity contribution in [3.05, 3.63) is 65.4 Å². The van der Waals surface area contributed by atoms with Crippen LogP contribution in [-0.4, -0.2) is 64.9 Å². The lowest BCUT2D eigenvalue weighted by Crippen LogP contribution is -2.40. The highest BCUT2D eigenvalue weighted by Gasteiger charge is 2.21. The number of nitrogens with one attached hydrogen (secondary N) is 2. The monoisotopic (exact) mass is 423 g/mol. The average molecular weight is 424 g/mol. The van der Waals surface area contributed by atoms with Crippen molar-refractivity contribution in [3.8, 4) is 5.75 Å². The number of phenols is 1. The van der Waals surface area contributed by atoms with E-state index in [1.807, 2.05) is 36.2 Å². The fourth-order valence-electron chi connectivity index (χ4n) is 4.04. The van der Waals surface area contributed by atoms with Crippen LogP contribution in [0.1, 0.15) is 34.5 Å². The Kier molecular flexibility index (Phi) is 6.56. The van der Waals surface area contributed by atoms with Gasteiger partial charge in [0.1, 0.15) is 5.75 Å². The van der Waals surface area contributed by atoms with Crippen LogP contribution in [0, 0.1) is 0 Å². The number of rotatable bonds is 7. The van der Waals surface area contributed by atoms with Crippen LogP contribution in [0.2, 0.25) is 0 Å². The number of aromatic amines is 1. The number of benzene rings is 2. The van der Waals surface area contributed by atoms with Crippen molar-refractivity contribution in [2.75, 3.05) is 32.8 Å². The Hall–Kier alpha value is -2.87. The quantitative estimate of drug-likeness (QED) is 0.468. The molecule has 164 valence electrons. The van der Waals surface area contributed by atoms with Crippen LogP contribution in [0.5, 0.6) is 5.75 Å². The van der Waals surface area contributed by atoms with Crippen molar-refractivity contribution < 1.29 is 19.7 Å². The van der Waals surface area contributed by atoms with Crippen LogP contribution in [0.4, 0.5) is 0 Å². The van der Waals surface area contributed by atoms with E-state index in [0.29, 0.717) is 38.4 Å². The maximum absolute atomic E-state index is 13.0. The Balaban J connectivity index is 1.40. The summed E-state index contributed by atoms with van der Waals surface area (Å²) in [4.78, 5) is 18.1. The summed E-state index contributed by atoms with van der Waals surface area (Å²) in [5.74, 6) is 0.216. The van der Waals surface area contributed by atoms with Crippen molar-refractivity contribution in [3.63, 3.8) is 0 Å². The number of morpholine rings is 1. The van der Waals surface area contributed by atoms with Crippen molar-refractivity contribution in [1.82, 2.24) is 15.2 Å². The van der Waals surface area contributed by atoms with Gasteiger partial charge in [-0.15, -0.1) is 0 Å². The van der Waals surface area contributed by atoms with Crippen LogP contribution in [0.15, 0.2) is 48.7 Å². The topological polar surface area (TPSA) is 97.8 Å². The molecular weight excluding hydrogens is 394 g/mol. The van der Waals surface area contributed by atoms with Crippen LogP contribution >= 0.6 is 0 Å². The summed E-state index contributed by atoms with van der Waals surface area (Å²) < 4.78 is 5.35. The van der Waals surface area contributed by atoms with Gasteiger partial charge >= 0.3 is 0 Å². The summed E-state index contributed by atoms with van der Waals surface area (Å²) in [6.45, 7) is 5.02. The number of carbonyl (C=O) groups is 1. The first kappa shape index (κ1) is 21.4. The molecule has 1 amide bonds. The number of amides is 1. The highest BCUT2D eigenvalue weighted by atomic mass is 16.5. The van der Waals surface area contributed by atoms with E-state index in [1.54, 1.807) is 24.3 Å². The maximum atomic E-state index is 13.0. The first-order chi connectivity index (χ1) is 15.0. The van der Waals surface area contributed by atoms with Crippen molar-refractivity contribution >= 4 is 16.8 Å². The third-order valence-corrected chi connectivity index (χ3v) is 5.90. The number of aliphatic hydroxyl groups is 1. The summed E-state index contributed by atoms with van der Waals surface area (Å²) in [7, 11) is 0. The molecule has 0 radical (unpaired) electrons. The first-order valence-corrected chi connectivity index (χ1v) is 10.7. The molecule has 2 atom stereocenters. The molecule has 31 heavy (non-hydrogen) atoms. The zero-order valence-electron chi connectivity index (χ0n) is 17.7. The molecule has 1 aliphatic heterocycles. The normalized spacial score (nSPS) is 16.4. The molecule has 1 fully saturated rings. The minimum Gasteiger partial charge on any atom is -0.508 e. The third kappa shape index (κ3) is 4.74. The molecule has 0 bridgehead atoms. The molecule has 0 unspecified atom stereocenters.